The predicted molar refractivity (Wildman–Crippen MR) is 52.9 cm³/mol. The van der Waals surface area contributed by atoms with Crippen LogP contribution >= 0.6 is 0 Å². The van der Waals surface area contributed by atoms with Crippen LogP contribution in [0.2, 0.25) is 0 Å². The van der Waals surface area contributed by atoms with Crippen LogP contribution in [-0.4, -0.2) is 19.7 Å². The molecule has 0 spiro atoms. The lowest BCUT2D eigenvalue weighted by molar-refractivity contribution is 0.375. The molecule has 0 aliphatic heterocycles. The van der Waals surface area contributed by atoms with Crippen molar-refractivity contribution < 1.29 is 4.52 Å². The average molecular weight is 207 g/mol. The third kappa shape index (κ3) is 2.21. The van der Waals surface area contributed by atoms with Crippen LogP contribution in [0, 0.1) is 0 Å². The summed E-state index contributed by atoms with van der Waals surface area (Å²) in [4.78, 5) is 8.31. The van der Waals surface area contributed by atoms with Gasteiger partial charge in [0.2, 0.25) is 5.89 Å². The molecule has 15 heavy (non-hydrogen) atoms. The zero-order valence-electron chi connectivity index (χ0n) is 8.55. The summed E-state index contributed by atoms with van der Waals surface area (Å²) in [5, 5.41) is 3.85. The summed E-state index contributed by atoms with van der Waals surface area (Å²) in [6.07, 6.45) is 4.34. The summed E-state index contributed by atoms with van der Waals surface area (Å²) >= 11 is 0. The summed E-state index contributed by atoms with van der Waals surface area (Å²) in [6, 6.07) is 0. The zero-order chi connectivity index (χ0) is 10.7. The fourth-order valence-corrected chi connectivity index (χ4v) is 1.26. The molecule has 0 radical (unpaired) electrons. The van der Waals surface area contributed by atoms with Gasteiger partial charge in [0.05, 0.1) is 18.6 Å². The van der Waals surface area contributed by atoms with Crippen molar-refractivity contribution in [3.05, 3.63) is 29.9 Å². The maximum Gasteiger partial charge on any atom is 0.226 e. The molecule has 6 heteroatoms. The lowest BCUT2D eigenvalue weighted by Gasteiger charge is -1.94. The van der Waals surface area contributed by atoms with E-state index in [1.54, 1.807) is 6.33 Å². The molecular weight excluding hydrogens is 194 g/mol. The predicted octanol–water partition coefficient (Wildman–Crippen LogP) is 0.336. The van der Waals surface area contributed by atoms with Crippen molar-refractivity contribution in [3.63, 3.8) is 0 Å². The molecule has 0 fully saturated rings. The van der Waals surface area contributed by atoms with Crippen LogP contribution in [0.3, 0.4) is 0 Å². The van der Waals surface area contributed by atoms with E-state index in [9.17, 15) is 0 Å². The Kier molecular flexibility index (Phi) is 2.77. The zero-order valence-corrected chi connectivity index (χ0v) is 8.55. The van der Waals surface area contributed by atoms with Crippen LogP contribution in [0.4, 0.5) is 0 Å². The molecule has 6 nitrogen and oxygen atoms in total. The van der Waals surface area contributed by atoms with Crippen LogP contribution in [0.5, 0.6) is 0 Å². The second-order valence-corrected chi connectivity index (χ2v) is 3.20. The number of aryl methyl sites for hydroxylation is 1. The van der Waals surface area contributed by atoms with E-state index in [0.717, 1.165) is 12.1 Å². The van der Waals surface area contributed by atoms with Gasteiger partial charge in [-0.1, -0.05) is 12.1 Å². The first kappa shape index (κ1) is 9.85. The number of aromatic nitrogens is 4. The summed E-state index contributed by atoms with van der Waals surface area (Å²) < 4.78 is 6.88. The molecular formula is C9H13N5O. The minimum absolute atomic E-state index is 0.444. The van der Waals surface area contributed by atoms with Crippen molar-refractivity contribution in [1.82, 2.24) is 19.7 Å². The quantitative estimate of drug-likeness (QED) is 0.781. The van der Waals surface area contributed by atoms with Gasteiger partial charge in [0.25, 0.3) is 0 Å². The Hall–Kier alpha value is -1.69. The minimum atomic E-state index is 0.444. The van der Waals surface area contributed by atoms with Crippen molar-refractivity contribution >= 4 is 0 Å². The normalized spacial score (nSPS) is 10.8. The van der Waals surface area contributed by atoms with Gasteiger partial charge in [-0.2, -0.15) is 4.98 Å². The second-order valence-electron chi connectivity index (χ2n) is 3.20. The highest BCUT2D eigenvalue weighted by Gasteiger charge is 2.05. The fraction of sp³-hybridized carbons (Fsp3) is 0.444. The van der Waals surface area contributed by atoms with Crippen molar-refractivity contribution in [2.45, 2.75) is 26.4 Å². The Morgan fingerprint density at radius 3 is 3.00 bits per heavy atom. The molecule has 0 aliphatic rings. The van der Waals surface area contributed by atoms with E-state index in [0.29, 0.717) is 24.8 Å². The Labute approximate surface area is 87.1 Å². The third-order valence-corrected chi connectivity index (χ3v) is 2.03. The highest BCUT2D eigenvalue weighted by molar-refractivity contribution is 4.98. The van der Waals surface area contributed by atoms with Gasteiger partial charge in [-0.25, -0.2) is 4.98 Å². The van der Waals surface area contributed by atoms with Crippen LogP contribution in [0.1, 0.15) is 24.3 Å². The van der Waals surface area contributed by atoms with E-state index in [-0.39, 0.29) is 0 Å². The lowest BCUT2D eigenvalue weighted by Crippen LogP contribution is -1.99. The van der Waals surface area contributed by atoms with E-state index in [2.05, 4.69) is 15.1 Å². The molecule has 0 bridgehead atoms. The molecule has 2 N–H and O–H groups in total. The molecule has 2 aromatic rings. The Morgan fingerprint density at radius 1 is 1.53 bits per heavy atom. The summed E-state index contributed by atoms with van der Waals surface area (Å²) in [6.45, 7) is 2.98. The molecule has 0 amide bonds. The molecule has 2 aromatic heterocycles. The highest BCUT2D eigenvalue weighted by atomic mass is 16.5. The summed E-state index contributed by atoms with van der Waals surface area (Å²) in [5.74, 6) is 1.32. The van der Waals surface area contributed by atoms with Gasteiger partial charge < -0.3 is 14.8 Å². The number of imidazole rings is 1. The highest BCUT2D eigenvalue weighted by Crippen LogP contribution is 2.02. The monoisotopic (exact) mass is 207 g/mol. The van der Waals surface area contributed by atoms with Crippen molar-refractivity contribution in [1.29, 1.82) is 0 Å². The second kappa shape index (κ2) is 4.22. The average Bonchev–Trinajstić information content (AvgIpc) is 2.87. The van der Waals surface area contributed by atoms with E-state index >= 15 is 0 Å². The first-order chi connectivity index (χ1) is 7.31. The maximum absolute atomic E-state index is 5.46. The SMILES string of the molecule is CCc1nc(Cn2cnc(CN)c2)no1. The van der Waals surface area contributed by atoms with E-state index in [4.69, 9.17) is 10.3 Å². The maximum atomic E-state index is 5.46. The Balaban J connectivity index is 2.07. The standard InChI is InChI=1S/C9H13N5O/c1-2-9-12-8(13-15-9)5-14-4-7(3-10)11-6-14/h4,6H,2-3,5,10H2,1H3. The van der Waals surface area contributed by atoms with E-state index in [1.807, 2.05) is 17.7 Å². The molecule has 0 aliphatic carbocycles. The van der Waals surface area contributed by atoms with Gasteiger partial charge in [0.15, 0.2) is 5.82 Å². The number of hydrogen-bond donors (Lipinski definition) is 1. The van der Waals surface area contributed by atoms with Gasteiger partial charge in [-0.3, -0.25) is 0 Å². The number of nitrogens with two attached hydrogens (primary N) is 1. The lowest BCUT2D eigenvalue weighted by atomic mass is 10.5. The molecule has 0 unspecified atom stereocenters. The molecule has 2 rings (SSSR count). The Bertz CT molecular complexity index is 393. The van der Waals surface area contributed by atoms with Crippen LogP contribution in [-0.2, 0) is 19.5 Å². The largest absolute Gasteiger partial charge is 0.339 e. The van der Waals surface area contributed by atoms with E-state index in [1.165, 1.54) is 0 Å². The van der Waals surface area contributed by atoms with Crippen molar-refractivity contribution in [2.75, 3.05) is 0 Å². The van der Waals surface area contributed by atoms with E-state index < -0.39 is 0 Å². The molecule has 0 saturated heterocycles. The van der Waals surface area contributed by atoms with Gasteiger partial charge in [0.1, 0.15) is 0 Å². The van der Waals surface area contributed by atoms with Crippen molar-refractivity contribution in [2.24, 2.45) is 5.73 Å². The van der Waals surface area contributed by atoms with Crippen LogP contribution in [0.25, 0.3) is 0 Å². The van der Waals surface area contributed by atoms with Gasteiger partial charge in [0, 0.05) is 19.2 Å². The number of hydrogen-bond acceptors (Lipinski definition) is 5. The molecule has 2 heterocycles. The minimum Gasteiger partial charge on any atom is -0.339 e. The summed E-state index contributed by atoms with van der Waals surface area (Å²) in [5.41, 5.74) is 6.31. The smallest absolute Gasteiger partial charge is 0.226 e. The summed E-state index contributed by atoms with van der Waals surface area (Å²) in [7, 11) is 0. The van der Waals surface area contributed by atoms with Gasteiger partial charge >= 0.3 is 0 Å². The topological polar surface area (TPSA) is 82.8 Å². The molecule has 80 valence electrons. The number of rotatable bonds is 4. The fourth-order valence-electron chi connectivity index (χ4n) is 1.26. The van der Waals surface area contributed by atoms with Gasteiger partial charge in [-0.05, 0) is 0 Å². The first-order valence-corrected chi connectivity index (χ1v) is 4.84. The first-order valence-electron chi connectivity index (χ1n) is 4.84. The van der Waals surface area contributed by atoms with Crippen molar-refractivity contribution in [3.8, 4) is 0 Å². The van der Waals surface area contributed by atoms with Crippen LogP contribution < -0.4 is 5.73 Å². The third-order valence-electron chi connectivity index (χ3n) is 2.03. The molecule has 0 atom stereocenters. The molecule has 0 saturated carbocycles. The molecule has 0 aromatic carbocycles. The Morgan fingerprint density at radius 2 is 2.40 bits per heavy atom. The van der Waals surface area contributed by atoms with Gasteiger partial charge in [-0.15, -0.1) is 0 Å². The number of nitrogens with zero attached hydrogens (tertiary/aromatic N) is 4. The van der Waals surface area contributed by atoms with Crippen LogP contribution in [0.15, 0.2) is 17.0 Å².